The van der Waals surface area contributed by atoms with Gasteiger partial charge in [-0.1, -0.05) is 17.2 Å². The molecule has 1 amide bonds. The summed E-state index contributed by atoms with van der Waals surface area (Å²) in [5, 5.41) is 0. The number of hydroxylamine groups is 1. The van der Waals surface area contributed by atoms with Gasteiger partial charge in [-0.25, -0.2) is 4.79 Å². The van der Waals surface area contributed by atoms with Crippen molar-refractivity contribution in [3.63, 3.8) is 0 Å². The van der Waals surface area contributed by atoms with Crippen molar-refractivity contribution in [3.05, 3.63) is 34.9 Å². The third-order valence-corrected chi connectivity index (χ3v) is 2.33. The second-order valence-electron chi connectivity index (χ2n) is 5.45. The van der Waals surface area contributed by atoms with E-state index in [2.05, 4.69) is 5.48 Å². The Balaban J connectivity index is 2.69. The van der Waals surface area contributed by atoms with E-state index in [-0.39, 0.29) is 0 Å². The van der Waals surface area contributed by atoms with E-state index >= 15 is 0 Å². The van der Waals surface area contributed by atoms with Crippen LogP contribution in [0.3, 0.4) is 0 Å². The highest BCUT2D eigenvalue weighted by atomic mass is 16.7. The van der Waals surface area contributed by atoms with Gasteiger partial charge in [-0.2, -0.15) is 5.48 Å². The highest BCUT2D eigenvalue weighted by Crippen LogP contribution is 2.14. The molecule has 0 aliphatic carbocycles. The predicted molar refractivity (Wildman–Crippen MR) is 68.9 cm³/mol. The van der Waals surface area contributed by atoms with E-state index in [4.69, 9.17) is 4.84 Å². The Morgan fingerprint density at radius 1 is 1.06 bits per heavy atom. The van der Waals surface area contributed by atoms with Gasteiger partial charge in [0.1, 0.15) is 0 Å². The predicted octanol–water partition coefficient (Wildman–Crippen LogP) is 2.54. The lowest BCUT2D eigenvalue weighted by molar-refractivity contribution is -0.158. The summed E-state index contributed by atoms with van der Waals surface area (Å²) in [6.45, 7) is 8.98. The first-order valence-electron chi connectivity index (χ1n) is 5.80. The van der Waals surface area contributed by atoms with E-state index in [1.807, 2.05) is 19.9 Å². The lowest BCUT2D eigenvalue weighted by Gasteiger charge is -2.16. The molecule has 0 aromatic heterocycles. The van der Waals surface area contributed by atoms with Gasteiger partial charge in [-0.15, -0.1) is 0 Å². The summed E-state index contributed by atoms with van der Waals surface area (Å²) in [5.74, 6) is -0.889. The number of carbonyl (C=O) groups excluding carboxylic acids is 2. The van der Waals surface area contributed by atoms with Crippen molar-refractivity contribution in [2.45, 2.75) is 34.6 Å². The summed E-state index contributed by atoms with van der Waals surface area (Å²) in [6.07, 6.45) is 0. The molecule has 18 heavy (non-hydrogen) atoms. The van der Waals surface area contributed by atoms with Crippen LogP contribution < -0.4 is 5.48 Å². The van der Waals surface area contributed by atoms with Crippen molar-refractivity contribution >= 4 is 11.9 Å². The Morgan fingerprint density at radius 2 is 1.56 bits per heavy atom. The first-order chi connectivity index (χ1) is 8.20. The van der Waals surface area contributed by atoms with Crippen LogP contribution in [0.25, 0.3) is 0 Å². The van der Waals surface area contributed by atoms with Crippen molar-refractivity contribution in [2.24, 2.45) is 5.41 Å². The number of hydrogen-bond donors (Lipinski definition) is 1. The van der Waals surface area contributed by atoms with E-state index in [1.54, 1.807) is 32.9 Å². The lowest BCUT2D eigenvalue weighted by Crippen LogP contribution is -2.33. The lowest BCUT2D eigenvalue weighted by atomic mass is 9.98. The first kappa shape index (κ1) is 14.2. The number of rotatable bonds is 1. The first-order valence-corrected chi connectivity index (χ1v) is 5.80. The zero-order valence-electron chi connectivity index (χ0n) is 11.5. The Bertz CT molecular complexity index is 452. The van der Waals surface area contributed by atoms with Crippen LogP contribution in [0.15, 0.2) is 18.2 Å². The van der Waals surface area contributed by atoms with Crippen LogP contribution >= 0.6 is 0 Å². The van der Waals surface area contributed by atoms with Gasteiger partial charge in [-0.3, -0.25) is 4.79 Å². The number of carbonyl (C=O) groups is 2. The van der Waals surface area contributed by atoms with Gasteiger partial charge < -0.3 is 4.84 Å². The minimum Gasteiger partial charge on any atom is -0.340 e. The van der Waals surface area contributed by atoms with Crippen molar-refractivity contribution < 1.29 is 14.4 Å². The van der Waals surface area contributed by atoms with E-state index < -0.39 is 17.3 Å². The average molecular weight is 249 g/mol. The molecule has 0 unspecified atom stereocenters. The van der Waals surface area contributed by atoms with Gasteiger partial charge in [-0.05, 0) is 46.8 Å². The maximum Gasteiger partial charge on any atom is 0.337 e. The van der Waals surface area contributed by atoms with Gasteiger partial charge in [0, 0.05) is 5.56 Å². The minimum atomic E-state index is -0.643. The molecule has 98 valence electrons. The van der Waals surface area contributed by atoms with Crippen LogP contribution in [0.2, 0.25) is 0 Å². The Kier molecular flexibility index (Phi) is 4.11. The monoisotopic (exact) mass is 249 g/mol. The fraction of sp³-hybridized carbons (Fsp3) is 0.429. The Labute approximate surface area is 107 Å². The Hall–Kier alpha value is -1.84. The molecule has 4 heteroatoms. The molecule has 4 nitrogen and oxygen atoms in total. The molecule has 0 spiro atoms. The molecule has 0 aliphatic heterocycles. The molecule has 0 bridgehead atoms. The maximum absolute atomic E-state index is 11.8. The van der Waals surface area contributed by atoms with Gasteiger partial charge in [0.2, 0.25) is 0 Å². The van der Waals surface area contributed by atoms with Crippen LogP contribution in [0.4, 0.5) is 0 Å². The molecule has 0 heterocycles. The molecule has 1 aromatic rings. The second-order valence-corrected chi connectivity index (χ2v) is 5.45. The normalized spacial score (nSPS) is 10.9. The van der Waals surface area contributed by atoms with Crippen molar-refractivity contribution in [3.8, 4) is 0 Å². The van der Waals surface area contributed by atoms with Crippen molar-refractivity contribution in [2.75, 3.05) is 0 Å². The minimum absolute atomic E-state index is 0.417. The molecule has 1 aromatic carbocycles. The average Bonchev–Trinajstić information content (AvgIpc) is 2.22. The number of nitrogens with one attached hydrogen (secondary N) is 1. The van der Waals surface area contributed by atoms with Crippen LogP contribution in [0.5, 0.6) is 0 Å². The van der Waals surface area contributed by atoms with Crippen LogP contribution in [0.1, 0.15) is 42.3 Å². The quantitative estimate of drug-likeness (QED) is 0.778. The van der Waals surface area contributed by atoms with Gasteiger partial charge >= 0.3 is 5.97 Å². The molecular formula is C14H19NO3. The van der Waals surface area contributed by atoms with Crippen LogP contribution in [-0.4, -0.2) is 11.9 Å². The largest absolute Gasteiger partial charge is 0.340 e. The Morgan fingerprint density at radius 3 is 2.00 bits per heavy atom. The van der Waals surface area contributed by atoms with Crippen LogP contribution in [-0.2, 0) is 9.63 Å². The van der Waals surface area contributed by atoms with E-state index in [9.17, 15) is 9.59 Å². The van der Waals surface area contributed by atoms with Gasteiger partial charge in [0.25, 0.3) is 5.91 Å². The van der Waals surface area contributed by atoms with E-state index in [0.29, 0.717) is 5.56 Å². The molecular weight excluding hydrogens is 230 g/mol. The number of aryl methyl sites for hydroxylation is 2. The SMILES string of the molecule is Cc1cc(C)cc(C(=O)NOC(=O)C(C)(C)C)c1. The van der Waals surface area contributed by atoms with E-state index in [1.165, 1.54) is 0 Å². The number of hydrogen-bond acceptors (Lipinski definition) is 3. The zero-order chi connectivity index (χ0) is 13.9. The molecule has 1 rings (SSSR count). The fourth-order valence-electron chi connectivity index (χ4n) is 1.41. The summed E-state index contributed by atoms with van der Waals surface area (Å²) < 4.78 is 0. The molecule has 0 radical (unpaired) electrons. The highest BCUT2D eigenvalue weighted by Gasteiger charge is 2.24. The second kappa shape index (κ2) is 5.21. The maximum atomic E-state index is 11.8. The topological polar surface area (TPSA) is 55.4 Å². The highest BCUT2D eigenvalue weighted by molar-refractivity contribution is 5.94. The summed E-state index contributed by atoms with van der Waals surface area (Å²) in [6, 6.07) is 5.46. The molecule has 0 saturated carbocycles. The third-order valence-electron chi connectivity index (χ3n) is 2.33. The molecule has 0 saturated heterocycles. The molecule has 0 atom stereocenters. The van der Waals surface area contributed by atoms with Crippen LogP contribution in [0, 0.1) is 19.3 Å². The third kappa shape index (κ3) is 3.87. The summed E-state index contributed by atoms with van der Waals surface area (Å²) in [7, 11) is 0. The molecule has 0 fully saturated rings. The summed E-state index contributed by atoms with van der Waals surface area (Å²) >= 11 is 0. The summed E-state index contributed by atoms with van der Waals surface area (Å²) in [4.78, 5) is 28.1. The van der Waals surface area contributed by atoms with Gasteiger partial charge in [0.15, 0.2) is 0 Å². The number of amides is 1. The zero-order valence-corrected chi connectivity index (χ0v) is 11.5. The molecule has 0 aliphatic rings. The fourth-order valence-corrected chi connectivity index (χ4v) is 1.41. The molecule has 1 N–H and O–H groups in total. The number of benzene rings is 1. The van der Waals surface area contributed by atoms with E-state index in [0.717, 1.165) is 11.1 Å². The standard InChI is InChI=1S/C14H19NO3/c1-9-6-10(2)8-11(7-9)12(16)15-18-13(17)14(3,4)5/h6-8H,1-5H3,(H,15,16). The smallest absolute Gasteiger partial charge is 0.337 e. The van der Waals surface area contributed by atoms with Gasteiger partial charge in [0.05, 0.1) is 5.41 Å². The summed E-state index contributed by atoms with van der Waals surface area (Å²) in [5.41, 5.74) is 3.99. The van der Waals surface area contributed by atoms with Crippen molar-refractivity contribution in [1.82, 2.24) is 5.48 Å². The van der Waals surface area contributed by atoms with Crippen molar-refractivity contribution in [1.29, 1.82) is 0 Å².